The molecule has 0 saturated carbocycles. The molecule has 4 rings (SSSR count). The molecule has 214 valence electrons. The predicted octanol–water partition coefficient (Wildman–Crippen LogP) is 5.64. The summed E-state index contributed by atoms with van der Waals surface area (Å²) in [5.41, 5.74) is -1.01. The van der Waals surface area contributed by atoms with Crippen LogP contribution in [-0.2, 0) is 16.9 Å². The molecule has 0 spiro atoms. The zero-order valence-corrected chi connectivity index (χ0v) is 25.5. The van der Waals surface area contributed by atoms with Gasteiger partial charge in [-0.3, -0.25) is 14.2 Å². The molecule has 0 saturated heterocycles. The number of aromatic nitrogens is 2. The second-order valence-electron chi connectivity index (χ2n) is 10.1. The molecular weight excluding hydrogens is 608 g/mol. The Morgan fingerprint density at radius 1 is 1.02 bits per heavy atom. The second-order valence-corrected chi connectivity index (χ2v) is 11.4. The molecule has 8 nitrogen and oxygen atoms in total. The number of hydrogen-bond acceptors (Lipinski definition) is 5. The van der Waals surface area contributed by atoms with Gasteiger partial charge in [0.25, 0.3) is 11.5 Å². The van der Waals surface area contributed by atoms with Gasteiger partial charge in [0.05, 0.1) is 23.0 Å². The Morgan fingerprint density at radius 3 is 2.34 bits per heavy atom. The molecule has 1 aromatic heterocycles. The van der Waals surface area contributed by atoms with Gasteiger partial charge in [-0.05, 0) is 85.3 Å². The monoisotopic (exact) mass is 638 g/mol. The number of rotatable bonds is 11. The number of aliphatic carboxylic acids is 1. The molecule has 0 radical (unpaired) electrons. The third-order valence-corrected chi connectivity index (χ3v) is 8.06. The highest BCUT2D eigenvalue weighted by molar-refractivity contribution is 9.10. The van der Waals surface area contributed by atoms with E-state index in [0.717, 1.165) is 5.56 Å². The maximum absolute atomic E-state index is 14.3. The zero-order chi connectivity index (χ0) is 29.7. The van der Waals surface area contributed by atoms with E-state index < -0.39 is 23.0 Å². The molecule has 1 N–H and O–H groups in total. The molecule has 0 aliphatic carbocycles. The van der Waals surface area contributed by atoms with Gasteiger partial charge in [-0.15, -0.1) is 0 Å². The van der Waals surface area contributed by atoms with Crippen molar-refractivity contribution >= 4 is 50.3 Å². The van der Waals surface area contributed by atoms with Gasteiger partial charge in [0, 0.05) is 16.0 Å². The molecule has 3 aromatic carbocycles. The summed E-state index contributed by atoms with van der Waals surface area (Å²) < 4.78 is 1.92. The first-order valence-corrected chi connectivity index (χ1v) is 14.5. The number of nitrogens with zero attached hydrogens (tertiary/aromatic N) is 4. The van der Waals surface area contributed by atoms with Gasteiger partial charge in [-0.2, -0.15) is 0 Å². The Morgan fingerprint density at radius 2 is 1.71 bits per heavy atom. The van der Waals surface area contributed by atoms with Crippen LogP contribution < -0.4 is 5.56 Å². The van der Waals surface area contributed by atoms with Crippen molar-refractivity contribution in [2.75, 3.05) is 27.2 Å². The van der Waals surface area contributed by atoms with Crippen LogP contribution in [0.25, 0.3) is 10.9 Å². The van der Waals surface area contributed by atoms with Crippen molar-refractivity contribution in [3.63, 3.8) is 0 Å². The average molecular weight is 640 g/mol. The van der Waals surface area contributed by atoms with E-state index in [2.05, 4.69) is 15.9 Å². The molecule has 1 unspecified atom stereocenters. The average Bonchev–Trinajstić information content (AvgIpc) is 2.94. The number of carboxylic acid groups (broad SMARTS) is 1. The molecule has 10 heteroatoms. The summed E-state index contributed by atoms with van der Waals surface area (Å²) in [4.78, 5) is 50.0. The summed E-state index contributed by atoms with van der Waals surface area (Å²) in [6.07, 6.45) is 0.467. The van der Waals surface area contributed by atoms with Gasteiger partial charge in [-0.1, -0.05) is 61.0 Å². The lowest BCUT2D eigenvalue weighted by Crippen LogP contribution is -2.57. The molecule has 0 aliphatic rings. The van der Waals surface area contributed by atoms with E-state index in [1.54, 1.807) is 49.4 Å². The van der Waals surface area contributed by atoms with E-state index >= 15 is 0 Å². The third-order valence-electron chi connectivity index (χ3n) is 7.13. The molecule has 41 heavy (non-hydrogen) atoms. The van der Waals surface area contributed by atoms with E-state index in [1.807, 2.05) is 49.3 Å². The number of halogens is 2. The van der Waals surface area contributed by atoms with Crippen molar-refractivity contribution in [2.24, 2.45) is 0 Å². The Bertz CT molecular complexity index is 1630. The summed E-state index contributed by atoms with van der Waals surface area (Å²) in [5.74, 6) is -1.78. The minimum absolute atomic E-state index is 0.0265. The number of carboxylic acids is 1. The highest BCUT2D eigenvalue weighted by atomic mass is 79.9. The van der Waals surface area contributed by atoms with Gasteiger partial charge in [-0.25, -0.2) is 9.78 Å². The first-order valence-electron chi connectivity index (χ1n) is 13.3. The van der Waals surface area contributed by atoms with E-state index in [1.165, 1.54) is 9.47 Å². The second kappa shape index (κ2) is 13.0. The summed E-state index contributed by atoms with van der Waals surface area (Å²) >= 11 is 9.73. The summed E-state index contributed by atoms with van der Waals surface area (Å²) in [6, 6.07) is 20.9. The van der Waals surface area contributed by atoms with Crippen molar-refractivity contribution in [1.82, 2.24) is 19.4 Å². The highest BCUT2D eigenvalue weighted by Crippen LogP contribution is 2.35. The SMILES string of the molecule is CCC(C(=O)O)(c1nc2cc(Cl)ccc2c(=O)n1Cc1ccccc1)N(CCCN(C)C)C(=O)c1ccccc1Br. The van der Waals surface area contributed by atoms with Crippen LogP contribution in [0.15, 0.2) is 82.1 Å². The van der Waals surface area contributed by atoms with Crippen LogP contribution in [0.2, 0.25) is 5.02 Å². The molecule has 4 aromatic rings. The van der Waals surface area contributed by atoms with Crippen molar-refractivity contribution in [3.05, 3.63) is 110 Å². The third kappa shape index (κ3) is 6.22. The Balaban J connectivity index is 2.04. The van der Waals surface area contributed by atoms with Crippen molar-refractivity contribution in [3.8, 4) is 0 Å². The Hall–Kier alpha value is -3.53. The van der Waals surface area contributed by atoms with E-state index in [9.17, 15) is 19.5 Å². The van der Waals surface area contributed by atoms with Gasteiger partial charge in [0.15, 0.2) is 5.54 Å². The molecule has 0 bridgehead atoms. The predicted molar refractivity (Wildman–Crippen MR) is 165 cm³/mol. The number of benzene rings is 3. The van der Waals surface area contributed by atoms with Crippen LogP contribution in [0.5, 0.6) is 0 Å². The first kappa shape index (κ1) is 30.4. The van der Waals surface area contributed by atoms with Gasteiger partial charge in [0.1, 0.15) is 5.82 Å². The lowest BCUT2D eigenvalue weighted by molar-refractivity contribution is -0.152. The lowest BCUT2D eigenvalue weighted by atomic mass is 9.90. The minimum Gasteiger partial charge on any atom is -0.479 e. The van der Waals surface area contributed by atoms with E-state index in [-0.39, 0.29) is 30.9 Å². The zero-order valence-electron chi connectivity index (χ0n) is 23.2. The van der Waals surface area contributed by atoms with E-state index in [4.69, 9.17) is 16.6 Å². The maximum atomic E-state index is 14.3. The fraction of sp³-hybridized carbons (Fsp3) is 0.290. The largest absolute Gasteiger partial charge is 0.479 e. The maximum Gasteiger partial charge on any atom is 0.337 e. The lowest BCUT2D eigenvalue weighted by Gasteiger charge is -2.41. The quantitative estimate of drug-likeness (QED) is 0.228. The molecule has 0 aliphatic heterocycles. The summed E-state index contributed by atoms with van der Waals surface area (Å²) in [6.45, 7) is 2.51. The number of fused-ring (bicyclic) bond motifs is 1. The molecule has 1 atom stereocenters. The van der Waals surface area contributed by atoms with Crippen LogP contribution in [0, 0.1) is 0 Å². The number of carbonyl (C=O) groups excluding carboxylic acids is 1. The van der Waals surface area contributed by atoms with Crippen molar-refractivity contribution < 1.29 is 14.7 Å². The fourth-order valence-electron chi connectivity index (χ4n) is 5.05. The number of amides is 1. The topological polar surface area (TPSA) is 95.7 Å². The van der Waals surface area contributed by atoms with Crippen molar-refractivity contribution in [2.45, 2.75) is 31.8 Å². The number of carbonyl (C=O) groups is 2. The first-order chi connectivity index (χ1) is 19.6. The summed E-state index contributed by atoms with van der Waals surface area (Å²) in [7, 11) is 3.83. The standard InChI is InChI=1S/C31H32BrClN4O4/c1-4-31(30(40)41,37(18-10-17-35(2)3)28(39)23-13-8-9-14-25(23)32)29-34-26-19-22(33)15-16-24(26)27(38)36(29)20-21-11-6-5-7-12-21/h5-9,11-16,19H,4,10,17-18,20H2,1-3H3,(H,40,41). The molecular formula is C31H32BrClN4O4. The minimum atomic E-state index is -1.97. The van der Waals surface area contributed by atoms with Gasteiger partial charge >= 0.3 is 5.97 Å². The Labute approximate surface area is 252 Å². The van der Waals surface area contributed by atoms with Crippen LogP contribution in [0.4, 0.5) is 0 Å². The van der Waals surface area contributed by atoms with Crippen LogP contribution in [-0.4, -0.2) is 63.5 Å². The van der Waals surface area contributed by atoms with Crippen LogP contribution in [0.3, 0.4) is 0 Å². The molecule has 1 heterocycles. The van der Waals surface area contributed by atoms with E-state index in [0.29, 0.717) is 33.4 Å². The smallest absolute Gasteiger partial charge is 0.337 e. The van der Waals surface area contributed by atoms with Crippen LogP contribution in [0.1, 0.15) is 41.5 Å². The van der Waals surface area contributed by atoms with Gasteiger partial charge < -0.3 is 14.9 Å². The van der Waals surface area contributed by atoms with Crippen molar-refractivity contribution in [1.29, 1.82) is 0 Å². The highest BCUT2D eigenvalue weighted by Gasteiger charge is 2.51. The van der Waals surface area contributed by atoms with Crippen LogP contribution >= 0.6 is 27.5 Å². The van der Waals surface area contributed by atoms with Gasteiger partial charge in [0.2, 0.25) is 0 Å². The fourth-order valence-corrected chi connectivity index (χ4v) is 5.67. The molecule has 0 fully saturated rings. The normalized spacial score (nSPS) is 12.8. The number of hydrogen-bond donors (Lipinski definition) is 1. The Kier molecular flexibility index (Phi) is 9.63. The molecule has 1 amide bonds. The summed E-state index contributed by atoms with van der Waals surface area (Å²) in [5, 5.41) is 11.7.